The molecule has 1 N–H and O–H groups in total. The molecule has 2 aromatic rings. The van der Waals surface area contributed by atoms with E-state index in [-0.39, 0.29) is 0 Å². The van der Waals surface area contributed by atoms with Gasteiger partial charge in [0, 0.05) is 30.4 Å². The molecule has 2 heterocycles. The SMILES string of the molecule is CCC(CC)NCc1cn2ccsc2n1. The van der Waals surface area contributed by atoms with Gasteiger partial charge in [-0.3, -0.25) is 4.40 Å². The second-order valence-corrected chi connectivity index (χ2v) is 4.59. The largest absolute Gasteiger partial charge is 0.308 e. The van der Waals surface area contributed by atoms with Gasteiger partial charge in [-0.25, -0.2) is 4.98 Å². The van der Waals surface area contributed by atoms with E-state index in [1.165, 1.54) is 12.8 Å². The van der Waals surface area contributed by atoms with Crippen molar-refractivity contribution in [3.05, 3.63) is 23.5 Å². The molecule has 0 amide bonds. The first-order valence-corrected chi connectivity index (χ1v) is 6.36. The Balaban J connectivity index is 1.97. The van der Waals surface area contributed by atoms with Crippen LogP contribution in [-0.4, -0.2) is 15.4 Å². The standard InChI is InChI=1S/C11H17N3S/c1-3-9(4-2)12-7-10-8-14-5-6-15-11(14)13-10/h5-6,8-9,12H,3-4,7H2,1-2H3. The number of thiazole rings is 1. The molecule has 2 aromatic heterocycles. The van der Waals surface area contributed by atoms with Gasteiger partial charge in [-0.15, -0.1) is 11.3 Å². The summed E-state index contributed by atoms with van der Waals surface area (Å²) >= 11 is 1.68. The predicted molar refractivity (Wildman–Crippen MR) is 64.3 cm³/mol. The van der Waals surface area contributed by atoms with Gasteiger partial charge in [0.1, 0.15) is 0 Å². The summed E-state index contributed by atoms with van der Waals surface area (Å²) in [5.41, 5.74) is 1.13. The van der Waals surface area contributed by atoms with Crippen LogP contribution in [0.2, 0.25) is 0 Å². The molecular weight excluding hydrogens is 206 g/mol. The molecule has 0 atom stereocenters. The Morgan fingerprint density at radius 1 is 1.47 bits per heavy atom. The Hall–Kier alpha value is -0.870. The lowest BCUT2D eigenvalue weighted by Gasteiger charge is -2.12. The van der Waals surface area contributed by atoms with Crippen LogP contribution in [0.25, 0.3) is 4.96 Å². The highest BCUT2D eigenvalue weighted by molar-refractivity contribution is 7.15. The van der Waals surface area contributed by atoms with Gasteiger partial charge in [-0.2, -0.15) is 0 Å². The molecule has 15 heavy (non-hydrogen) atoms. The Labute approximate surface area is 94.1 Å². The van der Waals surface area contributed by atoms with Crippen LogP contribution in [0.1, 0.15) is 32.4 Å². The Kier molecular flexibility index (Phi) is 3.38. The number of aromatic nitrogens is 2. The number of imidazole rings is 1. The van der Waals surface area contributed by atoms with Crippen LogP contribution >= 0.6 is 11.3 Å². The van der Waals surface area contributed by atoms with Gasteiger partial charge in [0.15, 0.2) is 4.96 Å². The molecular formula is C11H17N3S. The van der Waals surface area contributed by atoms with E-state index in [0.29, 0.717) is 6.04 Å². The normalized spacial score (nSPS) is 11.7. The average Bonchev–Trinajstić information content (AvgIpc) is 2.79. The van der Waals surface area contributed by atoms with E-state index in [2.05, 4.69) is 40.1 Å². The molecule has 4 heteroatoms. The van der Waals surface area contributed by atoms with Crippen molar-refractivity contribution in [3.63, 3.8) is 0 Å². The summed E-state index contributed by atoms with van der Waals surface area (Å²) in [6.45, 7) is 5.31. The summed E-state index contributed by atoms with van der Waals surface area (Å²) in [4.78, 5) is 5.61. The van der Waals surface area contributed by atoms with Crippen molar-refractivity contribution < 1.29 is 0 Å². The molecule has 0 aliphatic carbocycles. The smallest absolute Gasteiger partial charge is 0.193 e. The van der Waals surface area contributed by atoms with Gasteiger partial charge in [0.25, 0.3) is 0 Å². The van der Waals surface area contributed by atoms with Crippen LogP contribution in [0.3, 0.4) is 0 Å². The molecule has 0 unspecified atom stereocenters. The minimum atomic E-state index is 0.615. The third-order valence-electron chi connectivity index (χ3n) is 2.70. The van der Waals surface area contributed by atoms with Gasteiger partial charge in [0.2, 0.25) is 0 Å². The molecule has 0 aromatic carbocycles. The monoisotopic (exact) mass is 223 g/mol. The van der Waals surface area contributed by atoms with E-state index in [4.69, 9.17) is 0 Å². The van der Waals surface area contributed by atoms with Crippen LogP contribution in [0.15, 0.2) is 17.8 Å². The quantitative estimate of drug-likeness (QED) is 0.844. The molecule has 0 bridgehead atoms. The predicted octanol–water partition coefficient (Wildman–Crippen LogP) is 2.67. The summed E-state index contributed by atoms with van der Waals surface area (Å²) < 4.78 is 2.08. The van der Waals surface area contributed by atoms with Crippen LogP contribution in [0, 0.1) is 0 Å². The summed E-state index contributed by atoms with van der Waals surface area (Å²) in [6, 6.07) is 0.615. The molecule has 0 saturated carbocycles. The lowest BCUT2D eigenvalue weighted by molar-refractivity contribution is 0.481. The summed E-state index contributed by atoms with van der Waals surface area (Å²) in [5, 5.41) is 5.57. The van der Waals surface area contributed by atoms with Crippen molar-refractivity contribution >= 4 is 16.3 Å². The fraction of sp³-hybridized carbons (Fsp3) is 0.545. The van der Waals surface area contributed by atoms with Gasteiger partial charge in [-0.05, 0) is 12.8 Å². The molecule has 82 valence electrons. The van der Waals surface area contributed by atoms with Crippen LogP contribution < -0.4 is 5.32 Å². The first-order chi connectivity index (χ1) is 7.33. The third-order valence-corrected chi connectivity index (χ3v) is 3.47. The van der Waals surface area contributed by atoms with Crippen LogP contribution in [0.5, 0.6) is 0 Å². The van der Waals surface area contributed by atoms with Gasteiger partial charge >= 0.3 is 0 Å². The van der Waals surface area contributed by atoms with Crippen LogP contribution in [0.4, 0.5) is 0 Å². The van der Waals surface area contributed by atoms with Crippen molar-refractivity contribution in [3.8, 4) is 0 Å². The van der Waals surface area contributed by atoms with E-state index in [1.807, 2.05) is 6.20 Å². The molecule has 0 spiro atoms. The lowest BCUT2D eigenvalue weighted by atomic mass is 10.2. The van der Waals surface area contributed by atoms with E-state index < -0.39 is 0 Å². The second-order valence-electron chi connectivity index (χ2n) is 3.72. The first kappa shape index (κ1) is 10.6. The summed E-state index contributed by atoms with van der Waals surface area (Å²) in [6.07, 6.45) is 6.51. The zero-order valence-electron chi connectivity index (χ0n) is 9.23. The van der Waals surface area contributed by atoms with Crippen molar-refractivity contribution in [1.82, 2.24) is 14.7 Å². The highest BCUT2D eigenvalue weighted by Crippen LogP contribution is 2.11. The maximum Gasteiger partial charge on any atom is 0.193 e. The molecule has 0 radical (unpaired) electrons. The van der Waals surface area contributed by atoms with Crippen molar-refractivity contribution in [2.24, 2.45) is 0 Å². The zero-order valence-corrected chi connectivity index (χ0v) is 10.0. The molecule has 0 aliphatic rings. The van der Waals surface area contributed by atoms with Gasteiger partial charge in [0.05, 0.1) is 5.69 Å². The van der Waals surface area contributed by atoms with Crippen molar-refractivity contribution in [2.75, 3.05) is 0 Å². The highest BCUT2D eigenvalue weighted by atomic mass is 32.1. The Morgan fingerprint density at radius 2 is 2.27 bits per heavy atom. The number of nitrogens with one attached hydrogen (secondary N) is 1. The van der Waals surface area contributed by atoms with E-state index >= 15 is 0 Å². The molecule has 0 aliphatic heterocycles. The minimum absolute atomic E-state index is 0.615. The van der Waals surface area contributed by atoms with Gasteiger partial charge in [-0.1, -0.05) is 13.8 Å². The molecule has 0 fully saturated rings. The topological polar surface area (TPSA) is 29.3 Å². The number of rotatable bonds is 5. The molecule has 3 nitrogen and oxygen atoms in total. The van der Waals surface area contributed by atoms with Crippen molar-refractivity contribution in [2.45, 2.75) is 39.3 Å². The van der Waals surface area contributed by atoms with Crippen molar-refractivity contribution in [1.29, 1.82) is 0 Å². The van der Waals surface area contributed by atoms with E-state index in [0.717, 1.165) is 17.2 Å². The van der Waals surface area contributed by atoms with E-state index in [9.17, 15) is 0 Å². The van der Waals surface area contributed by atoms with E-state index in [1.54, 1.807) is 11.3 Å². The van der Waals surface area contributed by atoms with Gasteiger partial charge < -0.3 is 5.32 Å². The average molecular weight is 223 g/mol. The second kappa shape index (κ2) is 4.77. The Bertz CT molecular complexity index is 386. The number of fused-ring (bicyclic) bond motifs is 1. The number of nitrogens with zero attached hydrogens (tertiary/aromatic N) is 2. The maximum absolute atomic E-state index is 4.53. The highest BCUT2D eigenvalue weighted by Gasteiger charge is 2.05. The maximum atomic E-state index is 4.53. The fourth-order valence-electron chi connectivity index (χ4n) is 1.69. The number of hydrogen-bond acceptors (Lipinski definition) is 3. The number of hydrogen-bond donors (Lipinski definition) is 1. The summed E-state index contributed by atoms with van der Waals surface area (Å²) in [7, 11) is 0. The minimum Gasteiger partial charge on any atom is -0.308 e. The molecule has 0 saturated heterocycles. The first-order valence-electron chi connectivity index (χ1n) is 5.48. The molecule has 2 rings (SSSR count). The third kappa shape index (κ3) is 2.38. The Morgan fingerprint density at radius 3 is 2.93 bits per heavy atom. The van der Waals surface area contributed by atoms with Crippen LogP contribution in [-0.2, 0) is 6.54 Å². The lowest BCUT2D eigenvalue weighted by Crippen LogP contribution is -2.27. The fourth-order valence-corrected chi connectivity index (χ4v) is 2.41. The summed E-state index contributed by atoms with van der Waals surface area (Å²) in [5.74, 6) is 0. The zero-order chi connectivity index (χ0) is 10.7.